The third-order valence-electron chi connectivity index (χ3n) is 4.91. The van der Waals surface area contributed by atoms with E-state index in [4.69, 9.17) is 19.9 Å². The molecule has 0 saturated heterocycles. The number of aryl methyl sites for hydroxylation is 1. The van der Waals surface area contributed by atoms with Crippen LogP contribution in [0.25, 0.3) is 34.3 Å². The van der Waals surface area contributed by atoms with Crippen LogP contribution in [0.2, 0.25) is 0 Å². The molecule has 0 atom stereocenters. The first kappa shape index (κ1) is 22.1. The number of ether oxygens (including phenoxy) is 1. The molecule has 0 spiro atoms. The molecule has 33 heavy (non-hydrogen) atoms. The predicted molar refractivity (Wildman–Crippen MR) is 130 cm³/mol. The average Bonchev–Trinajstić information content (AvgIpc) is 3.32. The smallest absolute Gasteiger partial charge is 0.268 e. The largest absolute Gasteiger partial charge is 0.491 e. The third-order valence-corrected chi connectivity index (χ3v) is 4.91. The first-order valence-corrected chi connectivity index (χ1v) is 10.4. The second kappa shape index (κ2) is 9.58. The molecule has 4 rings (SSSR count). The van der Waals surface area contributed by atoms with Gasteiger partial charge in [-0.15, -0.1) is 10.2 Å². The van der Waals surface area contributed by atoms with Crippen LogP contribution in [-0.2, 0) is 0 Å². The summed E-state index contributed by atoms with van der Waals surface area (Å²) in [6.45, 7) is 2.60. The van der Waals surface area contributed by atoms with Crippen molar-refractivity contribution in [3.8, 4) is 40.0 Å². The lowest BCUT2D eigenvalue weighted by atomic mass is 10.1. The van der Waals surface area contributed by atoms with Crippen molar-refractivity contribution in [3.63, 3.8) is 0 Å². The van der Waals surface area contributed by atoms with E-state index in [-0.39, 0.29) is 16.1 Å². The van der Waals surface area contributed by atoms with E-state index in [2.05, 4.69) is 15.2 Å². The SMILES string of the molecule is Cc1ncc(-c2ccc(C(=O)N(C)C)cc2)nc1-c1nnc(-c2ccccc2OCCN)o1.[HH].[HH].[HH]. The summed E-state index contributed by atoms with van der Waals surface area (Å²) in [5, 5.41) is 8.37. The van der Waals surface area contributed by atoms with Crippen LogP contribution in [0, 0.1) is 6.92 Å². The quantitative estimate of drug-likeness (QED) is 0.449. The van der Waals surface area contributed by atoms with Gasteiger partial charge in [-0.3, -0.25) is 9.78 Å². The Morgan fingerprint density at radius 3 is 2.55 bits per heavy atom. The molecule has 2 aromatic carbocycles. The molecule has 0 aliphatic carbocycles. The molecule has 0 fully saturated rings. The summed E-state index contributed by atoms with van der Waals surface area (Å²) in [7, 11) is 3.44. The highest BCUT2D eigenvalue weighted by Gasteiger charge is 2.18. The number of carbonyl (C=O) groups excluding carboxylic acids is 1. The molecular formula is C24H30N6O3. The molecule has 0 aliphatic rings. The number of hydrogen-bond donors (Lipinski definition) is 1. The lowest BCUT2D eigenvalue weighted by Crippen LogP contribution is -2.21. The monoisotopic (exact) mass is 450 g/mol. The first-order valence-electron chi connectivity index (χ1n) is 10.4. The average molecular weight is 451 g/mol. The number of rotatable bonds is 7. The molecule has 0 aliphatic heterocycles. The van der Waals surface area contributed by atoms with Crippen molar-refractivity contribution in [2.75, 3.05) is 27.2 Å². The van der Waals surface area contributed by atoms with E-state index in [1.807, 2.05) is 43.3 Å². The second-order valence-corrected chi connectivity index (χ2v) is 7.51. The van der Waals surface area contributed by atoms with Gasteiger partial charge in [0.1, 0.15) is 18.1 Å². The summed E-state index contributed by atoms with van der Waals surface area (Å²) in [6, 6.07) is 14.6. The first-order chi connectivity index (χ1) is 16.0. The third kappa shape index (κ3) is 4.73. The van der Waals surface area contributed by atoms with Crippen LogP contribution in [0.15, 0.2) is 59.1 Å². The molecule has 9 heteroatoms. The number of carbonyl (C=O) groups is 1. The van der Waals surface area contributed by atoms with Gasteiger partial charge in [0.05, 0.1) is 23.1 Å². The van der Waals surface area contributed by atoms with Crippen LogP contribution in [0.5, 0.6) is 5.75 Å². The fourth-order valence-corrected chi connectivity index (χ4v) is 3.20. The van der Waals surface area contributed by atoms with E-state index in [9.17, 15) is 4.79 Å². The van der Waals surface area contributed by atoms with Crippen LogP contribution < -0.4 is 10.5 Å². The van der Waals surface area contributed by atoms with Crippen molar-refractivity contribution >= 4 is 5.91 Å². The highest BCUT2D eigenvalue weighted by atomic mass is 16.5. The maximum Gasteiger partial charge on any atom is 0.268 e. The summed E-state index contributed by atoms with van der Waals surface area (Å²) in [4.78, 5) is 22.8. The zero-order valence-electron chi connectivity index (χ0n) is 18.6. The van der Waals surface area contributed by atoms with Crippen LogP contribution in [-0.4, -0.2) is 58.2 Å². The van der Waals surface area contributed by atoms with Crippen molar-refractivity contribution in [1.82, 2.24) is 25.1 Å². The second-order valence-electron chi connectivity index (χ2n) is 7.51. The van der Waals surface area contributed by atoms with Crippen LogP contribution in [0.3, 0.4) is 0 Å². The molecule has 174 valence electrons. The van der Waals surface area contributed by atoms with Gasteiger partial charge in [-0.05, 0) is 31.2 Å². The van der Waals surface area contributed by atoms with E-state index in [0.29, 0.717) is 53.0 Å². The Balaban J connectivity index is 0.00000216. The fraction of sp³-hybridized carbons (Fsp3) is 0.208. The minimum absolute atomic E-state index is 0. The van der Waals surface area contributed by atoms with Crippen molar-refractivity contribution in [1.29, 1.82) is 0 Å². The molecule has 0 unspecified atom stereocenters. The van der Waals surface area contributed by atoms with Gasteiger partial charge in [-0.1, -0.05) is 24.3 Å². The molecule has 4 aromatic rings. The minimum atomic E-state index is -0.0636. The van der Waals surface area contributed by atoms with Crippen molar-refractivity contribution in [2.45, 2.75) is 6.92 Å². The molecule has 0 saturated carbocycles. The molecule has 0 radical (unpaired) electrons. The Kier molecular flexibility index (Phi) is 6.41. The fourth-order valence-electron chi connectivity index (χ4n) is 3.20. The molecule has 0 bridgehead atoms. The summed E-state index contributed by atoms with van der Waals surface area (Å²) >= 11 is 0. The van der Waals surface area contributed by atoms with Crippen LogP contribution >= 0.6 is 0 Å². The van der Waals surface area contributed by atoms with Crippen molar-refractivity contribution in [2.24, 2.45) is 5.73 Å². The van der Waals surface area contributed by atoms with E-state index in [0.717, 1.165) is 5.56 Å². The Bertz CT molecular complexity index is 1280. The summed E-state index contributed by atoms with van der Waals surface area (Å²) < 4.78 is 11.6. The Morgan fingerprint density at radius 2 is 1.82 bits per heavy atom. The van der Waals surface area contributed by atoms with Gasteiger partial charge in [0.25, 0.3) is 17.7 Å². The highest BCUT2D eigenvalue weighted by molar-refractivity contribution is 5.94. The topological polar surface area (TPSA) is 120 Å². The van der Waals surface area contributed by atoms with Gasteiger partial charge in [0, 0.05) is 36.0 Å². The van der Waals surface area contributed by atoms with Gasteiger partial charge < -0.3 is 19.8 Å². The van der Waals surface area contributed by atoms with E-state index < -0.39 is 0 Å². The lowest BCUT2D eigenvalue weighted by molar-refractivity contribution is 0.0827. The zero-order valence-corrected chi connectivity index (χ0v) is 18.6. The number of nitrogens with zero attached hydrogens (tertiary/aromatic N) is 5. The number of aromatic nitrogens is 4. The maximum absolute atomic E-state index is 12.1. The Labute approximate surface area is 195 Å². The highest BCUT2D eigenvalue weighted by Crippen LogP contribution is 2.31. The van der Waals surface area contributed by atoms with Crippen LogP contribution in [0.4, 0.5) is 0 Å². The van der Waals surface area contributed by atoms with E-state index in [1.54, 1.807) is 32.4 Å². The predicted octanol–water partition coefficient (Wildman–Crippen LogP) is 3.95. The number of para-hydroxylation sites is 1. The number of amides is 1. The normalized spacial score (nSPS) is 10.8. The Hall–Kier alpha value is -4.11. The lowest BCUT2D eigenvalue weighted by Gasteiger charge is -2.10. The molecule has 2 N–H and O–H groups in total. The summed E-state index contributed by atoms with van der Waals surface area (Å²) in [6.07, 6.45) is 1.68. The van der Waals surface area contributed by atoms with Gasteiger partial charge in [-0.25, -0.2) is 4.98 Å². The Morgan fingerprint density at radius 1 is 1.09 bits per heavy atom. The van der Waals surface area contributed by atoms with Gasteiger partial charge in [0.2, 0.25) is 0 Å². The van der Waals surface area contributed by atoms with Gasteiger partial charge in [0.15, 0.2) is 0 Å². The zero-order chi connectivity index (χ0) is 23.4. The van der Waals surface area contributed by atoms with Gasteiger partial charge in [-0.2, -0.15) is 0 Å². The van der Waals surface area contributed by atoms with Crippen molar-refractivity contribution < 1.29 is 18.2 Å². The van der Waals surface area contributed by atoms with E-state index in [1.165, 1.54) is 4.90 Å². The number of nitrogens with two attached hydrogens (primary N) is 1. The molecule has 2 heterocycles. The molecule has 1 amide bonds. The standard InChI is InChI=1S/C24H24N6O3.3H2/c1-15-21(23-29-28-22(33-23)18-6-4-5-7-20(18)32-13-12-25)27-19(14-26-15)16-8-10-17(11-9-16)24(31)30(2)3;;;/h4-11,14H,12-13,25H2,1-3H3;3*1H. The number of benzene rings is 2. The number of hydrogen-bond acceptors (Lipinski definition) is 8. The van der Waals surface area contributed by atoms with Crippen LogP contribution in [0.1, 0.15) is 20.3 Å². The van der Waals surface area contributed by atoms with E-state index >= 15 is 0 Å². The maximum atomic E-state index is 12.1. The molecule has 9 nitrogen and oxygen atoms in total. The summed E-state index contributed by atoms with van der Waals surface area (Å²) in [5.41, 5.74) is 9.41. The minimum Gasteiger partial charge on any atom is -0.491 e. The summed E-state index contributed by atoms with van der Waals surface area (Å²) in [5.74, 6) is 1.12. The molecular weight excluding hydrogens is 420 g/mol. The molecule has 2 aromatic heterocycles. The van der Waals surface area contributed by atoms with Crippen molar-refractivity contribution in [3.05, 3.63) is 66.0 Å². The van der Waals surface area contributed by atoms with Gasteiger partial charge >= 0.3 is 0 Å².